The molecule has 1 aromatic heterocycles. The maximum Gasteiger partial charge on any atom is 0.0821 e. The van der Waals surface area contributed by atoms with Crippen LogP contribution < -0.4 is 5.73 Å². The van der Waals surface area contributed by atoms with Gasteiger partial charge in [-0.05, 0) is 25.2 Å². The summed E-state index contributed by atoms with van der Waals surface area (Å²) in [5.41, 5.74) is 7.36. The molecule has 2 rings (SSSR count). The lowest BCUT2D eigenvalue weighted by Gasteiger charge is -2.33. The highest BCUT2D eigenvalue weighted by atomic mass is 35.5. The van der Waals surface area contributed by atoms with E-state index in [1.807, 2.05) is 4.68 Å². The number of nitrogens with zero attached hydrogens (tertiary/aromatic N) is 2. The predicted octanol–water partition coefficient (Wildman–Crippen LogP) is 2.41. The molecule has 0 saturated heterocycles. The molecule has 0 spiro atoms. The van der Waals surface area contributed by atoms with E-state index in [9.17, 15) is 0 Å². The van der Waals surface area contributed by atoms with Crippen LogP contribution in [-0.4, -0.2) is 29.5 Å². The summed E-state index contributed by atoms with van der Waals surface area (Å²) < 4.78 is 7.06. The van der Waals surface area contributed by atoms with Gasteiger partial charge in [0.2, 0.25) is 0 Å². The highest BCUT2D eigenvalue weighted by Gasteiger charge is 2.31. The van der Waals surface area contributed by atoms with Gasteiger partial charge < -0.3 is 10.5 Å². The monoisotopic (exact) mass is 271 g/mol. The van der Waals surface area contributed by atoms with Crippen molar-refractivity contribution < 1.29 is 4.74 Å². The quantitative estimate of drug-likeness (QED) is 0.915. The Morgan fingerprint density at radius 3 is 3.06 bits per heavy atom. The molecule has 0 radical (unpaired) electrons. The van der Waals surface area contributed by atoms with Crippen molar-refractivity contribution in [3.63, 3.8) is 0 Å². The van der Waals surface area contributed by atoms with E-state index in [-0.39, 0.29) is 6.04 Å². The molecule has 1 heterocycles. The van der Waals surface area contributed by atoms with Crippen LogP contribution in [0.2, 0.25) is 5.02 Å². The molecule has 0 aliphatic heterocycles. The van der Waals surface area contributed by atoms with E-state index in [0.29, 0.717) is 18.4 Å². The third-order valence-electron chi connectivity index (χ3n) is 3.86. The van der Waals surface area contributed by atoms with Crippen LogP contribution in [0, 0.1) is 5.92 Å². The van der Waals surface area contributed by atoms with E-state index in [4.69, 9.17) is 22.1 Å². The number of nitrogens with two attached hydrogens (primary N) is 1. The first-order chi connectivity index (χ1) is 8.63. The summed E-state index contributed by atoms with van der Waals surface area (Å²) in [7, 11) is 1.69. The van der Waals surface area contributed by atoms with Crippen LogP contribution in [0.25, 0.3) is 0 Å². The van der Waals surface area contributed by atoms with Crippen molar-refractivity contribution in [3.8, 4) is 0 Å². The predicted molar refractivity (Wildman–Crippen MR) is 72.8 cm³/mol. The molecule has 1 aliphatic carbocycles. The average molecular weight is 272 g/mol. The zero-order chi connectivity index (χ0) is 13.1. The highest BCUT2D eigenvalue weighted by Crippen LogP contribution is 2.38. The van der Waals surface area contributed by atoms with Crippen molar-refractivity contribution in [3.05, 3.63) is 16.9 Å². The van der Waals surface area contributed by atoms with Crippen LogP contribution >= 0.6 is 11.6 Å². The second-order valence-electron chi connectivity index (χ2n) is 5.28. The Hall–Kier alpha value is -0.580. The molecule has 1 saturated carbocycles. The summed E-state index contributed by atoms with van der Waals surface area (Å²) >= 11 is 6.29. The van der Waals surface area contributed by atoms with Gasteiger partial charge in [0.25, 0.3) is 0 Å². The number of rotatable bonds is 4. The van der Waals surface area contributed by atoms with E-state index in [0.717, 1.165) is 30.1 Å². The van der Waals surface area contributed by atoms with E-state index in [1.54, 1.807) is 13.3 Å². The molecular weight excluding hydrogens is 250 g/mol. The van der Waals surface area contributed by atoms with Crippen molar-refractivity contribution in [2.45, 2.75) is 44.7 Å². The molecule has 1 aromatic rings. The maximum atomic E-state index is 6.29. The van der Waals surface area contributed by atoms with Gasteiger partial charge in [0.15, 0.2) is 0 Å². The number of hydrogen-bond acceptors (Lipinski definition) is 3. The van der Waals surface area contributed by atoms with E-state index >= 15 is 0 Å². The summed E-state index contributed by atoms with van der Waals surface area (Å²) in [5.74, 6) is 1.03. The van der Waals surface area contributed by atoms with Gasteiger partial charge in [-0.25, -0.2) is 0 Å². The number of aromatic nitrogens is 2. The fourth-order valence-electron chi connectivity index (χ4n) is 2.82. The van der Waals surface area contributed by atoms with E-state index < -0.39 is 0 Å². The van der Waals surface area contributed by atoms with Crippen LogP contribution in [-0.2, 0) is 11.3 Å². The molecule has 102 valence electrons. The van der Waals surface area contributed by atoms with Gasteiger partial charge in [-0.1, -0.05) is 18.5 Å². The molecule has 18 heavy (non-hydrogen) atoms. The minimum Gasteiger partial charge on any atom is -0.383 e. The lowest BCUT2D eigenvalue weighted by atomic mass is 9.77. The Bertz CT molecular complexity index is 394. The second-order valence-corrected chi connectivity index (χ2v) is 5.69. The minimum atomic E-state index is 0.191. The van der Waals surface area contributed by atoms with Gasteiger partial charge in [-0.15, -0.1) is 0 Å². The van der Waals surface area contributed by atoms with Gasteiger partial charge in [0.1, 0.15) is 0 Å². The van der Waals surface area contributed by atoms with Crippen molar-refractivity contribution in [2.24, 2.45) is 11.7 Å². The van der Waals surface area contributed by atoms with Crippen molar-refractivity contribution >= 4 is 11.6 Å². The zero-order valence-corrected chi connectivity index (χ0v) is 11.9. The SMILES string of the molecule is COCCn1ncc(Cl)c1C1CC(C)CCC1N. The summed E-state index contributed by atoms with van der Waals surface area (Å²) in [6.45, 7) is 3.65. The van der Waals surface area contributed by atoms with Crippen LogP contribution in [0.3, 0.4) is 0 Å². The maximum absolute atomic E-state index is 6.29. The van der Waals surface area contributed by atoms with Crippen LogP contribution in [0.1, 0.15) is 37.8 Å². The molecule has 0 aromatic carbocycles. The van der Waals surface area contributed by atoms with Crippen LogP contribution in [0.15, 0.2) is 6.20 Å². The van der Waals surface area contributed by atoms with Gasteiger partial charge in [-0.2, -0.15) is 5.10 Å². The average Bonchev–Trinajstić information content (AvgIpc) is 2.71. The second kappa shape index (κ2) is 6.04. The largest absolute Gasteiger partial charge is 0.383 e. The molecule has 4 nitrogen and oxygen atoms in total. The topological polar surface area (TPSA) is 53.1 Å². The number of methoxy groups -OCH3 is 1. The van der Waals surface area contributed by atoms with E-state index in [2.05, 4.69) is 12.0 Å². The minimum absolute atomic E-state index is 0.191. The van der Waals surface area contributed by atoms with Gasteiger partial charge in [-0.3, -0.25) is 4.68 Å². The lowest BCUT2D eigenvalue weighted by Crippen LogP contribution is -2.35. The molecule has 0 amide bonds. The molecular formula is C13H22ClN3O. The Kier molecular flexibility index (Phi) is 4.65. The summed E-state index contributed by atoms with van der Waals surface area (Å²) in [5, 5.41) is 5.07. The summed E-state index contributed by atoms with van der Waals surface area (Å²) in [6, 6.07) is 0.191. The Morgan fingerprint density at radius 2 is 2.33 bits per heavy atom. The molecule has 1 fully saturated rings. The fraction of sp³-hybridized carbons (Fsp3) is 0.769. The smallest absolute Gasteiger partial charge is 0.0821 e. The molecule has 3 atom stereocenters. The molecule has 0 bridgehead atoms. The molecule has 5 heteroatoms. The number of hydrogen-bond donors (Lipinski definition) is 1. The highest BCUT2D eigenvalue weighted by molar-refractivity contribution is 6.31. The molecule has 3 unspecified atom stereocenters. The van der Waals surface area contributed by atoms with Gasteiger partial charge in [0.05, 0.1) is 30.1 Å². The first kappa shape index (κ1) is 13.8. The van der Waals surface area contributed by atoms with E-state index in [1.165, 1.54) is 6.42 Å². The van der Waals surface area contributed by atoms with Crippen molar-refractivity contribution in [1.82, 2.24) is 9.78 Å². The van der Waals surface area contributed by atoms with Crippen molar-refractivity contribution in [2.75, 3.05) is 13.7 Å². The molecule has 1 aliphatic rings. The Labute approximate surface area is 113 Å². The van der Waals surface area contributed by atoms with Crippen molar-refractivity contribution in [1.29, 1.82) is 0 Å². The van der Waals surface area contributed by atoms with Gasteiger partial charge in [0, 0.05) is 19.1 Å². The normalized spacial score (nSPS) is 28.6. The fourth-order valence-corrected chi connectivity index (χ4v) is 3.10. The summed E-state index contributed by atoms with van der Waals surface area (Å²) in [6.07, 6.45) is 5.09. The standard InChI is InChI=1S/C13H22ClN3O/c1-9-3-4-12(15)10(7-9)13-11(14)8-16-17(13)5-6-18-2/h8-10,12H,3-7,15H2,1-2H3. The first-order valence-electron chi connectivity index (χ1n) is 6.59. The van der Waals surface area contributed by atoms with Crippen LogP contribution in [0.5, 0.6) is 0 Å². The third-order valence-corrected chi connectivity index (χ3v) is 4.15. The third kappa shape index (κ3) is 2.87. The zero-order valence-electron chi connectivity index (χ0n) is 11.1. The number of halogens is 1. The number of ether oxygens (including phenoxy) is 1. The summed E-state index contributed by atoms with van der Waals surface area (Å²) in [4.78, 5) is 0. The Morgan fingerprint density at radius 1 is 1.56 bits per heavy atom. The van der Waals surface area contributed by atoms with Crippen LogP contribution in [0.4, 0.5) is 0 Å². The first-order valence-corrected chi connectivity index (χ1v) is 6.97. The molecule has 2 N–H and O–H groups in total. The Balaban J connectivity index is 2.22. The lowest BCUT2D eigenvalue weighted by molar-refractivity contribution is 0.180. The van der Waals surface area contributed by atoms with Gasteiger partial charge >= 0.3 is 0 Å².